The minimum atomic E-state index is -1.01. The number of aromatic amines is 1. The summed E-state index contributed by atoms with van der Waals surface area (Å²) in [7, 11) is 1.95. The second kappa shape index (κ2) is 3.98. The normalized spacial score (nSPS) is 11.1. The molecule has 96 valence electrons. The first kappa shape index (κ1) is 11.5. The molecule has 0 bridgehead atoms. The summed E-state index contributed by atoms with van der Waals surface area (Å²) in [5.74, 6) is -1.01. The zero-order valence-electron chi connectivity index (χ0n) is 10.6. The predicted molar refractivity (Wildman–Crippen MR) is 72.2 cm³/mol. The van der Waals surface area contributed by atoms with E-state index >= 15 is 0 Å². The number of carboxylic acid groups (broad SMARTS) is 1. The minimum Gasteiger partial charge on any atom is -0.477 e. The van der Waals surface area contributed by atoms with Gasteiger partial charge in [0.15, 0.2) is 0 Å². The topological polar surface area (TPSA) is 70.9 Å². The maximum atomic E-state index is 10.9. The number of rotatable bonds is 2. The van der Waals surface area contributed by atoms with Gasteiger partial charge in [-0.05, 0) is 24.6 Å². The van der Waals surface area contributed by atoms with Crippen LogP contribution < -0.4 is 0 Å². The van der Waals surface area contributed by atoms with Crippen molar-refractivity contribution < 1.29 is 9.90 Å². The quantitative estimate of drug-likeness (QED) is 0.739. The van der Waals surface area contributed by atoms with Gasteiger partial charge < -0.3 is 9.67 Å². The van der Waals surface area contributed by atoms with Crippen LogP contribution in [0.25, 0.3) is 22.3 Å². The van der Waals surface area contributed by atoms with Crippen molar-refractivity contribution in [2.75, 3.05) is 0 Å². The van der Waals surface area contributed by atoms with Crippen molar-refractivity contribution in [3.8, 4) is 11.4 Å². The number of aryl methyl sites for hydroxylation is 2. The van der Waals surface area contributed by atoms with E-state index in [1.165, 1.54) is 5.56 Å². The summed E-state index contributed by atoms with van der Waals surface area (Å²) < 4.78 is 2.02. The molecular formula is C14H13N3O2. The molecule has 5 nitrogen and oxygen atoms in total. The van der Waals surface area contributed by atoms with Crippen LogP contribution in [-0.4, -0.2) is 25.8 Å². The van der Waals surface area contributed by atoms with Crippen molar-refractivity contribution in [1.82, 2.24) is 14.8 Å². The first-order valence-electron chi connectivity index (χ1n) is 5.92. The summed E-state index contributed by atoms with van der Waals surface area (Å²) in [6.07, 6.45) is 0. The van der Waals surface area contributed by atoms with Crippen molar-refractivity contribution in [1.29, 1.82) is 0 Å². The van der Waals surface area contributed by atoms with Crippen molar-refractivity contribution in [3.05, 3.63) is 41.6 Å². The third kappa shape index (κ3) is 1.71. The average molecular weight is 255 g/mol. The Bertz CT molecular complexity index is 783. The molecule has 5 heteroatoms. The highest BCUT2D eigenvalue weighted by molar-refractivity contribution is 5.90. The maximum Gasteiger partial charge on any atom is 0.353 e. The molecule has 0 fully saturated rings. The molecule has 3 rings (SSSR count). The molecule has 2 N–H and O–H groups in total. The van der Waals surface area contributed by atoms with Crippen LogP contribution in [0.1, 0.15) is 16.1 Å². The van der Waals surface area contributed by atoms with Crippen molar-refractivity contribution in [2.24, 2.45) is 7.05 Å². The number of nitrogens with one attached hydrogen (secondary N) is 1. The largest absolute Gasteiger partial charge is 0.477 e. The Kier molecular flexibility index (Phi) is 2.41. The lowest BCUT2D eigenvalue weighted by molar-refractivity contribution is 0.0690. The number of fused-ring (bicyclic) bond motifs is 1. The summed E-state index contributed by atoms with van der Waals surface area (Å²) >= 11 is 0. The van der Waals surface area contributed by atoms with E-state index in [0.717, 1.165) is 16.6 Å². The van der Waals surface area contributed by atoms with E-state index in [9.17, 15) is 4.79 Å². The first-order valence-corrected chi connectivity index (χ1v) is 5.92. The van der Waals surface area contributed by atoms with E-state index in [1.54, 1.807) is 6.07 Å². The predicted octanol–water partition coefficient (Wildman–Crippen LogP) is 2.58. The molecule has 0 aliphatic rings. The average Bonchev–Trinajstić information content (AvgIpc) is 2.96. The van der Waals surface area contributed by atoms with Crippen LogP contribution in [0, 0.1) is 6.92 Å². The van der Waals surface area contributed by atoms with Gasteiger partial charge >= 0.3 is 5.97 Å². The monoisotopic (exact) mass is 255 g/mol. The highest BCUT2D eigenvalue weighted by atomic mass is 16.4. The Labute approximate surface area is 109 Å². The fourth-order valence-corrected chi connectivity index (χ4v) is 2.32. The lowest BCUT2D eigenvalue weighted by Crippen LogP contribution is -1.95. The SMILES string of the molecule is Cc1cccc2c1cc(-c1cc(C(=O)O)[nH]n1)n2C. The van der Waals surface area contributed by atoms with Crippen LogP contribution >= 0.6 is 0 Å². The van der Waals surface area contributed by atoms with Crippen LogP contribution in [0.5, 0.6) is 0 Å². The summed E-state index contributed by atoms with van der Waals surface area (Å²) in [5.41, 5.74) is 3.92. The number of H-pyrrole nitrogens is 1. The fourth-order valence-electron chi connectivity index (χ4n) is 2.32. The van der Waals surface area contributed by atoms with Crippen molar-refractivity contribution in [2.45, 2.75) is 6.92 Å². The molecule has 0 amide bonds. The molecule has 3 aromatic rings. The van der Waals surface area contributed by atoms with E-state index < -0.39 is 5.97 Å². The number of benzene rings is 1. The van der Waals surface area contributed by atoms with Crippen molar-refractivity contribution in [3.63, 3.8) is 0 Å². The van der Waals surface area contributed by atoms with E-state index in [2.05, 4.69) is 23.2 Å². The van der Waals surface area contributed by atoms with Gasteiger partial charge in [-0.15, -0.1) is 0 Å². The molecule has 2 aromatic heterocycles. The molecule has 0 saturated heterocycles. The van der Waals surface area contributed by atoms with E-state index in [4.69, 9.17) is 5.11 Å². The lowest BCUT2D eigenvalue weighted by Gasteiger charge is -2.00. The molecule has 0 aliphatic heterocycles. The summed E-state index contributed by atoms with van der Waals surface area (Å²) in [5, 5.41) is 16.7. The van der Waals surface area contributed by atoms with Crippen molar-refractivity contribution >= 4 is 16.9 Å². The number of aromatic carboxylic acids is 1. The second-order valence-electron chi connectivity index (χ2n) is 4.57. The number of nitrogens with zero attached hydrogens (tertiary/aromatic N) is 2. The highest BCUT2D eigenvalue weighted by Crippen LogP contribution is 2.28. The Morgan fingerprint density at radius 3 is 2.79 bits per heavy atom. The zero-order valence-corrected chi connectivity index (χ0v) is 10.6. The molecule has 1 aromatic carbocycles. The van der Waals surface area contributed by atoms with Gasteiger partial charge in [0.1, 0.15) is 11.4 Å². The summed E-state index contributed by atoms with van der Waals surface area (Å²) in [6.45, 7) is 2.05. The van der Waals surface area contributed by atoms with Crippen LogP contribution in [-0.2, 0) is 7.05 Å². The van der Waals surface area contributed by atoms with E-state index in [1.807, 2.05) is 29.8 Å². The molecular weight excluding hydrogens is 242 g/mol. The zero-order chi connectivity index (χ0) is 13.6. The Morgan fingerprint density at radius 2 is 2.16 bits per heavy atom. The van der Waals surface area contributed by atoms with Crippen LogP contribution in [0.4, 0.5) is 0 Å². The summed E-state index contributed by atoms with van der Waals surface area (Å²) in [6, 6.07) is 9.68. The number of carbonyl (C=O) groups is 1. The van der Waals surface area contributed by atoms with Gasteiger partial charge in [0.25, 0.3) is 0 Å². The number of hydrogen-bond donors (Lipinski definition) is 2. The summed E-state index contributed by atoms with van der Waals surface area (Å²) in [4.78, 5) is 10.9. The first-order chi connectivity index (χ1) is 9.08. The van der Waals surface area contributed by atoms with Gasteiger partial charge in [0.2, 0.25) is 0 Å². The molecule has 2 heterocycles. The number of hydrogen-bond acceptors (Lipinski definition) is 2. The molecule has 0 spiro atoms. The molecule has 0 radical (unpaired) electrons. The molecule has 0 atom stereocenters. The highest BCUT2D eigenvalue weighted by Gasteiger charge is 2.14. The smallest absolute Gasteiger partial charge is 0.353 e. The van der Waals surface area contributed by atoms with Gasteiger partial charge in [-0.2, -0.15) is 5.10 Å². The second-order valence-corrected chi connectivity index (χ2v) is 4.57. The van der Waals surface area contributed by atoms with Crippen LogP contribution in [0.3, 0.4) is 0 Å². The third-order valence-corrected chi connectivity index (χ3v) is 3.38. The van der Waals surface area contributed by atoms with Gasteiger partial charge in [0, 0.05) is 24.0 Å². The fraction of sp³-hybridized carbons (Fsp3) is 0.143. The molecule has 0 aliphatic carbocycles. The standard InChI is InChI=1S/C14H13N3O2/c1-8-4-3-5-12-9(8)6-13(17(12)2)10-7-11(14(18)19)16-15-10/h3-7H,1-2H3,(H,15,16)(H,18,19). The molecule has 0 saturated carbocycles. The third-order valence-electron chi connectivity index (χ3n) is 3.38. The van der Waals surface area contributed by atoms with E-state index in [0.29, 0.717) is 5.69 Å². The van der Waals surface area contributed by atoms with Crippen LogP contribution in [0.15, 0.2) is 30.3 Å². The van der Waals surface area contributed by atoms with Gasteiger partial charge in [0.05, 0.1) is 5.69 Å². The Balaban J connectivity index is 2.22. The molecule has 0 unspecified atom stereocenters. The van der Waals surface area contributed by atoms with E-state index in [-0.39, 0.29) is 5.69 Å². The number of carboxylic acids is 1. The van der Waals surface area contributed by atoms with Gasteiger partial charge in [-0.25, -0.2) is 4.79 Å². The molecule has 19 heavy (non-hydrogen) atoms. The van der Waals surface area contributed by atoms with Crippen LogP contribution in [0.2, 0.25) is 0 Å². The maximum absolute atomic E-state index is 10.9. The van der Waals surface area contributed by atoms with Gasteiger partial charge in [-0.3, -0.25) is 5.10 Å². The lowest BCUT2D eigenvalue weighted by atomic mass is 10.1. The number of aromatic nitrogens is 3. The van der Waals surface area contributed by atoms with Gasteiger partial charge in [-0.1, -0.05) is 12.1 Å². The minimum absolute atomic E-state index is 0.0944. The Hall–Kier alpha value is -2.56. The Morgan fingerprint density at radius 1 is 1.37 bits per heavy atom.